The molecule has 0 spiro atoms. The van der Waals surface area contributed by atoms with Gasteiger partial charge < -0.3 is 10.2 Å². The zero-order chi connectivity index (χ0) is 18.0. The monoisotopic (exact) mass is 362 g/mol. The van der Waals surface area contributed by atoms with Crippen LogP contribution >= 0.6 is 11.8 Å². The second kappa shape index (κ2) is 7.44. The summed E-state index contributed by atoms with van der Waals surface area (Å²) in [6.45, 7) is 4.85. The summed E-state index contributed by atoms with van der Waals surface area (Å²) in [5.41, 5.74) is 2.27. The molecule has 3 nitrogen and oxygen atoms in total. The van der Waals surface area contributed by atoms with Gasteiger partial charge in [0.05, 0.1) is 5.69 Å². The standard InChI is InChI=1S/C19H20F2N2OS/c1-12(2)13-3-5-14(6-4-13)18-23(9-10-25-18)19(24)22-17-8-7-15(20)11-16(17)21/h3-8,11-12,18H,9-10H2,1-2H3,(H,22,24)/t18-/m1/s1. The molecule has 1 saturated heterocycles. The number of anilines is 1. The Kier molecular flexibility index (Phi) is 5.27. The normalized spacial score (nSPS) is 17.2. The average molecular weight is 362 g/mol. The predicted octanol–water partition coefficient (Wildman–Crippen LogP) is 5.37. The highest BCUT2D eigenvalue weighted by atomic mass is 32.2. The van der Waals surface area contributed by atoms with Crippen LogP contribution in [0.5, 0.6) is 0 Å². The number of nitrogens with one attached hydrogen (secondary N) is 1. The Morgan fingerprint density at radius 3 is 2.56 bits per heavy atom. The smallest absolute Gasteiger partial charge is 0.308 e. The van der Waals surface area contributed by atoms with Gasteiger partial charge >= 0.3 is 6.03 Å². The number of hydrogen-bond acceptors (Lipinski definition) is 2. The lowest BCUT2D eigenvalue weighted by atomic mass is 10.0. The van der Waals surface area contributed by atoms with Crippen LogP contribution in [-0.2, 0) is 0 Å². The first-order valence-corrected chi connectivity index (χ1v) is 9.24. The summed E-state index contributed by atoms with van der Waals surface area (Å²) in [6.07, 6.45) is 0. The van der Waals surface area contributed by atoms with Crippen LogP contribution in [0.25, 0.3) is 0 Å². The van der Waals surface area contributed by atoms with E-state index in [0.29, 0.717) is 12.5 Å². The van der Waals surface area contributed by atoms with E-state index in [1.165, 1.54) is 11.6 Å². The number of nitrogens with zero attached hydrogens (tertiary/aromatic N) is 1. The van der Waals surface area contributed by atoms with Gasteiger partial charge in [-0.15, -0.1) is 11.8 Å². The van der Waals surface area contributed by atoms with Crippen molar-refractivity contribution in [1.29, 1.82) is 0 Å². The number of carbonyl (C=O) groups is 1. The third kappa shape index (κ3) is 3.95. The number of thioether (sulfide) groups is 1. The third-order valence-electron chi connectivity index (χ3n) is 4.21. The van der Waals surface area contributed by atoms with Gasteiger partial charge in [-0.2, -0.15) is 0 Å². The topological polar surface area (TPSA) is 32.3 Å². The molecule has 6 heteroatoms. The molecule has 1 heterocycles. The summed E-state index contributed by atoms with van der Waals surface area (Å²) in [7, 11) is 0. The van der Waals surface area contributed by atoms with Crippen molar-refractivity contribution in [2.45, 2.75) is 25.1 Å². The number of rotatable bonds is 3. The Morgan fingerprint density at radius 1 is 1.20 bits per heavy atom. The molecule has 132 valence electrons. The van der Waals surface area contributed by atoms with E-state index in [4.69, 9.17) is 0 Å². The second-order valence-corrected chi connectivity index (χ2v) is 7.48. The third-order valence-corrected chi connectivity index (χ3v) is 5.47. The van der Waals surface area contributed by atoms with Gasteiger partial charge in [0, 0.05) is 18.4 Å². The van der Waals surface area contributed by atoms with Gasteiger partial charge in [0.1, 0.15) is 17.0 Å². The lowest BCUT2D eigenvalue weighted by Crippen LogP contribution is -2.34. The number of halogens is 2. The highest BCUT2D eigenvalue weighted by molar-refractivity contribution is 7.99. The molecule has 1 aliphatic rings. The lowest BCUT2D eigenvalue weighted by Gasteiger charge is -2.25. The summed E-state index contributed by atoms with van der Waals surface area (Å²) in [5, 5.41) is 2.43. The zero-order valence-corrected chi connectivity index (χ0v) is 14.9. The first kappa shape index (κ1) is 17.7. The Balaban J connectivity index is 1.75. The van der Waals surface area contributed by atoms with E-state index in [9.17, 15) is 13.6 Å². The van der Waals surface area contributed by atoms with E-state index in [-0.39, 0.29) is 17.1 Å². The summed E-state index contributed by atoms with van der Waals surface area (Å²) in [6, 6.07) is 11.0. The molecule has 0 unspecified atom stereocenters. The number of urea groups is 1. The molecule has 0 aliphatic carbocycles. The van der Waals surface area contributed by atoms with Crippen molar-refractivity contribution in [3.05, 3.63) is 65.2 Å². The summed E-state index contributed by atoms with van der Waals surface area (Å²) >= 11 is 1.67. The molecule has 0 bridgehead atoms. The molecular weight excluding hydrogens is 342 g/mol. The van der Waals surface area contributed by atoms with Gasteiger partial charge in [-0.1, -0.05) is 38.1 Å². The highest BCUT2D eigenvalue weighted by Gasteiger charge is 2.31. The summed E-state index contributed by atoms with van der Waals surface area (Å²) in [5.74, 6) is -0.185. The molecule has 3 rings (SSSR count). The van der Waals surface area contributed by atoms with Crippen LogP contribution in [0.1, 0.15) is 36.3 Å². The first-order valence-electron chi connectivity index (χ1n) is 8.20. The molecular formula is C19H20F2N2OS. The molecule has 0 saturated carbocycles. The fraction of sp³-hybridized carbons (Fsp3) is 0.316. The quantitative estimate of drug-likeness (QED) is 0.796. The lowest BCUT2D eigenvalue weighted by molar-refractivity contribution is 0.214. The molecule has 0 aromatic heterocycles. The molecule has 0 radical (unpaired) electrons. The number of hydrogen-bond donors (Lipinski definition) is 1. The predicted molar refractivity (Wildman–Crippen MR) is 97.8 cm³/mol. The van der Waals surface area contributed by atoms with Crippen LogP contribution < -0.4 is 5.32 Å². The van der Waals surface area contributed by atoms with Crippen LogP contribution in [0.3, 0.4) is 0 Å². The highest BCUT2D eigenvalue weighted by Crippen LogP contribution is 2.38. The zero-order valence-electron chi connectivity index (χ0n) is 14.1. The van der Waals surface area contributed by atoms with Crippen LogP contribution in [-0.4, -0.2) is 23.2 Å². The molecule has 2 amide bonds. The molecule has 2 aromatic carbocycles. The summed E-state index contributed by atoms with van der Waals surface area (Å²) < 4.78 is 26.8. The molecule has 1 N–H and O–H groups in total. The maximum Gasteiger partial charge on any atom is 0.323 e. The van der Waals surface area contributed by atoms with Crippen LogP contribution in [0.2, 0.25) is 0 Å². The van der Waals surface area contributed by atoms with Crippen molar-refractivity contribution < 1.29 is 13.6 Å². The van der Waals surface area contributed by atoms with Gasteiger partial charge in [0.2, 0.25) is 0 Å². The maximum absolute atomic E-state index is 13.8. The van der Waals surface area contributed by atoms with Crippen LogP contribution in [0.15, 0.2) is 42.5 Å². The maximum atomic E-state index is 13.8. The second-order valence-electron chi connectivity index (χ2n) is 6.29. The Bertz CT molecular complexity index is 765. The van der Waals surface area contributed by atoms with Gasteiger partial charge in [0.25, 0.3) is 0 Å². The van der Waals surface area contributed by atoms with Gasteiger partial charge in [-0.25, -0.2) is 13.6 Å². The minimum Gasteiger partial charge on any atom is -0.308 e. The molecule has 1 atom stereocenters. The molecule has 1 aliphatic heterocycles. The van der Waals surface area contributed by atoms with E-state index in [2.05, 4.69) is 31.3 Å². The van der Waals surface area contributed by atoms with E-state index in [1.807, 2.05) is 12.1 Å². The fourth-order valence-electron chi connectivity index (χ4n) is 2.78. The van der Waals surface area contributed by atoms with Crippen molar-refractivity contribution in [2.75, 3.05) is 17.6 Å². The summed E-state index contributed by atoms with van der Waals surface area (Å²) in [4.78, 5) is 14.2. The molecule has 2 aromatic rings. The van der Waals surface area contributed by atoms with Crippen molar-refractivity contribution in [2.24, 2.45) is 0 Å². The van der Waals surface area contributed by atoms with E-state index in [1.54, 1.807) is 16.7 Å². The van der Waals surface area contributed by atoms with Gasteiger partial charge in [0.15, 0.2) is 0 Å². The van der Waals surface area contributed by atoms with E-state index in [0.717, 1.165) is 23.4 Å². The van der Waals surface area contributed by atoms with Crippen molar-refractivity contribution >= 4 is 23.5 Å². The Hall–Kier alpha value is -2.08. The van der Waals surface area contributed by atoms with E-state index < -0.39 is 11.6 Å². The minimum absolute atomic E-state index is 0.0165. The number of benzene rings is 2. The van der Waals surface area contributed by atoms with Crippen molar-refractivity contribution in [1.82, 2.24) is 4.90 Å². The van der Waals surface area contributed by atoms with Gasteiger partial charge in [-0.05, 0) is 29.2 Å². The van der Waals surface area contributed by atoms with Crippen LogP contribution in [0.4, 0.5) is 19.3 Å². The van der Waals surface area contributed by atoms with E-state index >= 15 is 0 Å². The number of carbonyl (C=O) groups excluding carboxylic acids is 1. The number of amides is 2. The fourth-order valence-corrected chi connectivity index (χ4v) is 4.03. The Morgan fingerprint density at radius 2 is 1.92 bits per heavy atom. The molecule has 25 heavy (non-hydrogen) atoms. The Labute approximate surface area is 150 Å². The largest absolute Gasteiger partial charge is 0.323 e. The van der Waals surface area contributed by atoms with Crippen LogP contribution in [0, 0.1) is 11.6 Å². The average Bonchev–Trinajstić information content (AvgIpc) is 3.07. The van der Waals surface area contributed by atoms with Gasteiger partial charge in [-0.3, -0.25) is 0 Å². The minimum atomic E-state index is -0.780. The van der Waals surface area contributed by atoms with Crippen molar-refractivity contribution in [3.8, 4) is 0 Å². The van der Waals surface area contributed by atoms with Crippen molar-refractivity contribution in [3.63, 3.8) is 0 Å². The molecule has 1 fully saturated rings. The first-order chi connectivity index (χ1) is 12.0. The SMILES string of the molecule is CC(C)c1ccc([C@H]2SCCN2C(=O)Nc2ccc(F)cc2F)cc1.